The zero-order valence-electron chi connectivity index (χ0n) is 15.1. The van der Waals surface area contributed by atoms with Gasteiger partial charge in [-0.1, -0.05) is 0 Å². The van der Waals surface area contributed by atoms with Crippen LogP contribution >= 0.6 is 0 Å². The van der Waals surface area contributed by atoms with Gasteiger partial charge in [-0.15, -0.1) is 0 Å². The Bertz CT molecular complexity index is 735. The molecule has 0 atom stereocenters. The van der Waals surface area contributed by atoms with E-state index in [2.05, 4.69) is 19.9 Å². The summed E-state index contributed by atoms with van der Waals surface area (Å²) in [4.78, 5) is 33.6. The van der Waals surface area contributed by atoms with Crippen molar-refractivity contribution in [3.63, 3.8) is 0 Å². The number of carbonyl (C=O) groups excluding carboxylic acids is 2. The van der Waals surface area contributed by atoms with Crippen LogP contribution in [0, 0.1) is 0 Å². The number of rotatable bonds is 6. The van der Waals surface area contributed by atoms with E-state index < -0.39 is 0 Å². The fraction of sp³-hybridized carbons (Fsp3) is 0.474. The molecule has 1 N–H and O–H groups in total. The second-order valence-electron chi connectivity index (χ2n) is 6.66. The first kappa shape index (κ1) is 18.1. The number of aromatic nitrogens is 3. The van der Waals surface area contributed by atoms with Crippen LogP contribution in [0.2, 0.25) is 0 Å². The topological polar surface area (TPSA) is 80.1 Å². The molecule has 0 bridgehead atoms. The molecule has 0 radical (unpaired) electrons. The predicted molar refractivity (Wildman–Crippen MR) is 97.4 cm³/mol. The molecule has 0 aromatic carbocycles. The highest BCUT2D eigenvalue weighted by molar-refractivity contribution is 5.78. The molecule has 3 heterocycles. The van der Waals surface area contributed by atoms with Crippen LogP contribution in [-0.4, -0.2) is 50.9 Å². The van der Waals surface area contributed by atoms with Gasteiger partial charge < -0.3 is 14.8 Å². The van der Waals surface area contributed by atoms with E-state index in [4.69, 9.17) is 0 Å². The lowest BCUT2D eigenvalue weighted by Crippen LogP contribution is -2.39. The first-order valence-electron chi connectivity index (χ1n) is 9.05. The van der Waals surface area contributed by atoms with Crippen LogP contribution in [0.1, 0.15) is 43.5 Å². The maximum Gasteiger partial charge on any atom is 0.224 e. The van der Waals surface area contributed by atoms with Crippen molar-refractivity contribution in [2.75, 3.05) is 19.6 Å². The van der Waals surface area contributed by atoms with Crippen LogP contribution in [0.5, 0.6) is 0 Å². The van der Waals surface area contributed by atoms with Gasteiger partial charge in [-0.05, 0) is 30.5 Å². The van der Waals surface area contributed by atoms with Crippen molar-refractivity contribution in [2.24, 2.45) is 0 Å². The van der Waals surface area contributed by atoms with Gasteiger partial charge >= 0.3 is 0 Å². The number of carbonyl (C=O) groups is 2. The number of hydrogen-bond acceptors (Lipinski definition) is 4. The number of piperidine rings is 1. The molecule has 7 heteroatoms. The summed E-state index contributed by atoms with van der Waals surface area (Å²) in [5.74, 6) is 1.47. The number of pyridine rings is 1. The Morgan fingerprint density at radius 3 is 2.62 bits per heavy atom. The van der Waals surface area contributed by atoms with E-state index >= 15 is 0 Å². The summed E-state index contributed by atoms with van der Waals surface area (Å²) < 4.78 is 2.19. The van der Waals surface area contributed by atoms with E-state index in [0.717, 1.165) is 38.3 Å². The van der Waals surface area contributed by atoms with Gasteiger partial charge in [-0.25, -0.2) is 4.98 Å². The highest BCUT2D eigenvalue weighted by Gasteiger charge is 2.26. The predicted octanol–water partition coefficient (Wildman–Crippen LogP) is 1.56. The molecule has 1 aliphatic rings. The average Bonchev–Trinajstić information content (AvgIpc) is 3.10. The molecule has 0 unspecified atom stereocenters. The van der Waals surface area contributed by atoms with Crippen LogP contribution in [0.15, 0.2) is 36.9 Å². The van der Waals surface area contributed by atoms with Crippen molar-refractivity contribution in [1.29, 1.82) is 0 Å². The van der Waals surface area contributed by atoms with Crippen molar-refractivity contribution >= 4 is 11.8 Å². The van der Waals surface area contributed by atoms with Gasteiger partial charge in [0.25, 0.3) is 0 Å². The van der Waals surface area contributed by atoms with Gasteiger partial charge in [0.15, 0.2) is 0 Å². The Morgan fingerprint density at radius 1 is 1.19 bits per heavy atom. The normalized spacial score (nSPS) is 15.0. The molecule has 1 fully saturated rings. The molecule has 0 aliphatic carbocycles. The fourth-order valence-corrected chi connectivity index (χ4v) is 3.39. The first-order valence-corrected chi connectivity index (χ1v) is 9.05. The Kier molecular flexibility index (Phi) is 5.99. The minimum atomic E-state index is -0.0995. The third kappa shape index (κ3) is 4.68. The van der Waals surface area contributed by atoms with Gasteiger partial charge in [-0.3, -0.25) is 14.6 Å². The zero-order chi connectivity index (χ0) is 18.4. The van der Waals surface area contributed by atoms with Crippen molar-refractivity contribution in [1.82, 2.24) is 24.8 Å². The average molecular weight is 355 g/mol. The van der Waals surface area contributed by atoms with Crippen LogP contribution in [-0.2, 0) is 16.1 Å². The summed E-state index contributed by atoms with van der Waals surface area (Å²) in [6, 6.07) is 4.03. The minimum Gasteiger partial charge on any atom is -0.356 e. The molecule has 2 aromatic rings. The molecule has 2 aromatic heterocycles. The number of nitrogens with one attached hydrogen (secondary N) is 1. The van der Waals surface area contributed by atoms with Crippen LogP contribution < -0.4 is 5.32 Å². The molecular formula is C19H25N5O2. The molecule has 2 amide bonds. The Balaban J connectivity index is 1.53. The summed E-state index contributed by atoms with van der Waals surface area (Å²) in [6.45, 7) is 4.14. The van der Waals surface area contributed by atoms with Gasteiger partial charge in [0.1, 0.15) is 5.82 Å². The molecule has 26 heavy (non-hydrogen) atoms. The maximum atomic E-state index is 12.2. The SMILES string of the molecule is CC(=O)NCCC(=O)N1CCC(c2nccn2Cc2ccncc2)CC1. The smallest absolute Gasteiger partial charge is 0.224 e. The van der Waals surface area contributed by atoms with Gasteiger partial charge in [-0.2, -0.15) is 0 Å². The second kappa shape index (κ2) is 8.60. The molecule has 0 spiro atoms. The Morgan fingerprint density at radius 2 is 1.92 bits per heavy atom. The monoisotopic (exact) mass is 355 g/mol. The summed E-state index contributed by atoms with van der Waals surface area (Å²) in [6.07, 6.45) is 9.66. The van der Waals surface area contributed by atoms with E-state index in [1.165, 1.54) is 12.5 Å². The highest BCUT2D eigenvalue weighted by Crippen LogP contribution is 2.27. The summed E-state index contributed by atoms with van der Waals surface area (Å²) >= 11 is 0. The van der Waals surface area contributed by atoms with Crippen molar-refractivity contribution in [3.05, 3.63) is 48.3 Å². The number of likely N-dealkylation sites (tertiary alicyclic amines) is 1. The lowest BCUT2D eigenvalue weighted by molar-refractivity contribution is -0.132. The maximum absolute atomic E-state index is 12.2. The number of hydrogen-bond donors (Lipinski definition) is 1. The van der Waals surface area contributed by atoms with Gasteiger partial charge in [0.2, 0.25) is 11.8 Å². The standard InChI is InChI=1S/C19H25N5O2/c1-15(25)21-9-4-18(26)23-11-5-17(6-12-23)19-22-10-13-24(19)14-16-2-7-20-8-3-16/h2-3,7-8,10,13,17H,4-6,9,11-12,14H2,1H3,(H,21,25). The molecular weight excluding hydrogens is 330 g/mol. The Labute approximate surface area is 153 Å². The summed E-state index contributed by atoms with van der Waals surface area (Å²) in [5.41, 5.74) is 1.20. The number of amides is 2. The van der Waals surface area contributed by atoms with Gasteiger partial charge in [0, 0.05) is 70.2 Å². The fourth-order valence-electron chi connectivity index (χ4n) is 3.39. The Hall–Kier alpha value is -2.70. The van der Waals surface area contributed by atoms with E-state index in [9.17, 15) is 9.59 Å². The lowest BCUT2D eigenvalue weighted by atomic mass is 9.95. The van der Waals surface area contributed by atoms with Gasteiger partial charge in [0.05, 0.1) is 0 Å². The third-order valence-corrected chi connectivity index (χ3v) is 4.78. The quantitative estimate of drug-likeness (QED) is 0.853. The third-order valence-electron chi connectivity index (χ3n) is 4.78. The van der Waals surface area contributed by atoms with Crippen LogP contribution in [0.25, 0.3) is 0 Å². The van der Waals surface area contributed by atoms with Crippen molar-refractivity contribution in [2.45, 2.75) is 38.6 Å². The number of imidazole rings is 1. The molecule has 0 saturated carbocycles. The summed E-state index contributed by atoms with van der Waals surface area (Å²) in [5, 5.41) is 2.67. The second-order valence-corrected chi connectivity index (χ2v) is 6.66. The minimum absolute atomic E-state index is 0.0995. The van der Waals surface area contributed by atoms with E-state index in [1.807, 2.05) is 29.4 Å². The summed E-state index contributed by atoms with van der Waals surface area (Å²) in [7, 11) is 0. The van der Waals surface area contributed by atoms with Crippen LogP contribution in [0.4, 0.5) is 0 Å². The van der Waals surface area contributed by atoms with Crippen LogP contribution in [0.3, 0.4) is 0 Å². The zero-order valence-corrected chi connectivity index (χ0v) is 15.1. The molecule has 138 valence electrons. The van der Waals surface area contributed by atoms with Crippen molar-refractivity contribution < 1.29 is 9.59 Å². The lowest BCUT2D eigenvalue weighted by Gasteiger charge is -2.32. The molecule has 1 aliphatic heterocycles. The van der Waals surface area contributed by atoms with E-state index in [0.29, 0.717) is 18.9 Å². The molecule has 3 rings (SSSR count). The first-order chi connectivity index (χ1) is 12.6. The van der Waals surface area contributed by atoms with Crippen molar-refractivity contribution in [3.8, 4) is 0 Å². The van der Waals surface area contributed by atoms with E-state index in [-0.39, 0.29) is 11.8 Å². The largest absolute Gasteiger partial charge is 0.356 e. The molecule has 1 saturated heterocycles. The highest BCUT2D eigenvalue weighted by atomic mass is 16.2. The number of nitrogens with zero attached hydrogens (tertiary/aromatic N) is 4. The van der Waals surface area contributed by atoms with E-state index in [1.54, 1.807) is 12.4 Å². The molecule has 7 nitrogen and oxygen atoms in total.